The zero-order valence-corrected chi connectivity index (χ0v) is 18.0. The summed E-state index contributed by atoms with van der Waals surface area (Å²) >= 11 is 1.46. The molecule has 0 saturated carbocycles. The van der Waals surface area contributed by atoms with Crippen LogP contribution in [0.2, 0.25) is 0 Å². The highest BCUT2D eigenvalue weighted by Crippen LogP contribution is 2.38. The van der Waals surface area contributed by atoms with Gasteiger partial charge in [-0.05, 0) is 50.1 Å². The molecule has 1 N–H and O–H groups in total. The van der Waals surface area contributed by atoms with Crippen molar-refractivity contribution in [2.24, 2.45) is 0 Å². The van der Waals surface area contributed by atoms with Crippen LogP contribution in [-0.2, 0) is 17.7 Å². The highest BCUT2D eigenvalue weighted by molar-refractivity contribution is 7.17. The Hall–Kier alpha value is -2.09. The minimum Gasteiger partial charge on any atom is -0.497 e. The third-order valence-corrected chi connectivity index (χ3v) is 5.92. The fraction of sp³-hybridized carbons (Fsp3) is 0.400. The molecule has 1 aliphatic rings. The molecule has 3 rings (SSSR count). The van der Waals surface area contributed by atoms with Crippen LogP contribution in [0.5, 0.6) is 5.75 Å². The standard InChI is InChI=1S/C20H24N2O4S.ClH/c1-12(2)22-10-9-15-16(11-22)27-19(17(15)20(24)26-4)21-18(23)13-5-7-14(25-3)8-6-13;/h5-8,12H,9-11H2,1-4H3,(H,21,23);1H. The van der Waals surface area contributed by atoms with Crippen LogP contribution in [0, 0.1) is 0 Å². The molecule has 8 heteroatoms. The lowest BCUT2D eigenvalue weighted by molar-refractivity contribution is 0.0600. The molecule has 28 heavy (non-hydrogen) atoms. The van der Waals surface area contributed by atoms with E-state index < -0.39 is 5.97 Å². The van der Waals surface area contributed by atoms with Crippen molar-refractivity contribution in [3.05, 3.63) is 45.8 Å². The van der Waals surface area contributed by atoms with Gasteiger partial charge in [0.2, 0.25) is 0 Å². The van der Waals surface area contributed by atoms with Crippen molar-refractivity contribution in [3.63, 3.8) is 0 Å². The van der Waals surface area contributed by atoms with E-state index >= 15 is 0 Å². The molecule has 2 aromatic rings. The van der Waals surface area contributed by atoms with Crippen LogP contribution in [0.4, 0.5) is 5.00 Å². The van der Waals surface area contributed by atoms with Gasteiger partial charge in [-0.25, -0.2) is 4.79 Å². The monoisotopic (exact) mass is 424 g/mol. The lowest BCUT2D eigenvalue weighted by Gasteiger charge is -2.30. The number of methoxy groups -OCH3 is 2. The number of carbonyl (C=O) groups excluding carboxylic acids is 2. The van der Waals surface area contributed by atoms with Gasteiger partial charge in [-0.2, -0.15) is 0 Å². The maximum Gasteiger partial charge on any atom is 0.341 e. The van der Waals surface area contributed by atoms with Gasteiger partial charge >= 0.3 is 5.97 Å². The summed E-state index contributed by atoms with van der Waals surface area (Å²) in [6.45, 7) is 5.98. The first kappa shape index (κ1) is 22.2. The molecule has 152 valence electrons. The predicted octanol–water partition coefficient (Wildman–Crippen LogP) is 3.98. The van der Waals surface area contributed by atoms with Crippen molar-refractivity contribution >= 4 is 40.6 Å². The number of amides is 1. The molecule has 1 aliphatic heterocycles. The summed E-state index contributed by atoms with van der Waals surface area (Å²) in [7, 11) is 2.94. The van der Waals surface area contributed by atoms with E-state index in [0.29, 0.717) is 27.9 Å². The van der Waals surface area contributed by atoms with Gasteiger partial charge in [0, 0.05) is 29.6 Å². The molecular weight excluding hydrogens is 400 g/mol. The summed E-state index contributed by atoms with van der Waals surface area (Å²) in [6, 6.07) is 7.28. The first-order valence-electron chi connectivity index (χ1n) is 8.87. The van der Waals surface area contributed by atoms with Crippen molar-refractivity contribution in [1.82, 2.24) is 4.90 Å². The number of ether oxygens (including phenoxy) is 2. The highest BCUT2D eigenvalue weighted by Gasteiger charge is 2.30. The fourth-order valence-corrected chi connectivity index (χ4v) is 4.44. The Morgan fingerprint density at radius 2 is 1.86 bits per heavy atom. The van der Waals surface area contributed by atoms with Crippen LogP contribution in [0.3, 0.4) is 0 Å². The molecule has 1 amide bonds. The molecule has 0 aliphatic carbocycles. The second-order valence-electron chi connectivity index (χ2n) is 6.70. The first-order chi connectivity index (χ1) is 12.9. The Morgan fingerprint density at radius 1 is 1.18 bits per heavy atom. The van der Waals surface area contributed by atoms with E-state index in [1.807, 2.05) is 0 Å². The van der Waals surface area contributed by atoms with Gasteiger partial charge in [-0.1, -0.05) is 0 Å². The molecule has 0 radical (unpaired) electrons. The van der Waals surface area contributed by atoms with Gasteiger partial charge in [0.15, 0.2) is 0 Å². The van der Waals surface area contributed by atoms with Gasteiger partial charge in [0.1, 0.15) is 10.8 Å². The van der Waals surface area contributed by atoms with Crippen molar-refractivity contribution in [2.75, 3.05) is 26.1 Å². The normalized spacial score (nSPS) is 13.5. The molecule has 1 aromatic heterocycles. The topological polar surface area (TPSA) is 67.9 Å². The van der Waals surface area contributed by atoms with E-state index in [9.17, 15) is 9.59 Å². The molecule has 0 spiro atoms. The van der Waals surface area contributed by atoms with E-state index in [4.69, 9.17) is 9.47 Å². The zero-order chi connectivity index (χ0) is 19.6. The summed E-state index contributed by atoms with van der Waals surface area (Å²) < 4.78 is 10.1. The maximum absolute atomic E-state index is 12.7. The van der Waals surface area contributed by atoms with E-state index in [1.165, 1.54) is 18.4 Å². The maximum atomic E-state index is 12.7. The summed E-state index contributed by atoms with van der Waals surface area (Å²) in [5, 5.41) is 3.45. The number of hydrogen-bond donors (Lipinski definition) is 1. The first-order valence-corrected chi connectivity index (χ1v) is 9.68. The van der Waals surface area contributed by atoms with Crippen LogP contribution in [0.15, 0.2) is 24.3 Å². The van der Waals surface area contributed by atoms with Crippen molar-refractivity contribution < 1.29 is 19.1 Å². The lowest BCUT2D eigenvalue weighted by Crippen LogP contribution is -2.35. The number of carbonyl (C=O) groups is 2. The molecule has 6 nitrogen and oxygen atoms in total. The number of hydrogen-bond acceptors (Lipinski definition) is 6. The fourth-order valence-electron chi connectivity index (χ4n) is 3.19. The van der Waals surface area contributed by atoms with E-state index in [0.717, 1.165) is 30.0 Å². The van der Waals surface area contributed by atoms with Gasteiger partial charge in [-0.3, -0.25) is 9.69 Å². The highest BCUT2D eigenvalue weighted by atomic mass is 35.5. The number of halogens is 1. The smallest absolute Gasteiger partial charge is 0.341 e. The third-order valence-electron chi connectivity index (χ3n) is 4.79. The third kappa shape index (κ3) is 4.48. The largest absolute Gasteiger partial charge is 0.497 e. The Balaban J connectivity index is 0.00000280. The number of nitrogens with zero attached hydrogens (tertiary/aromatic N) is 1. The number of nitrogens with one attached hydrogen (secondary N) is 1. The number of benzene rings is 1. The van der Waals surface area contributed by atoms with Crippen molar-refractivity contribution in [2.45, 2.75) is 32.9 Å². The SMILES string of the molecule is COC(=O)c1c(NC(=O)c2ccc(OC)cc2)sc2c1CCN(C(C)C)C2.Cl. The Kier molecular flexibility index (Phi) is 7.46. The molecular formula is C20H25ClN2O4S. The number of fused-ring (bicyclic) bond motifs is 1. The van der Waals surface area contributed by atoms with Gasteiger partial charge < -0.3 is 14.8 Å². The number of anilines is 1. The van der Waals surface area contributed by atoms with Crippen molar-refractivity contribution in [1.29, 1.82) is 0 Å². The summed E-state index contributed by atoms with van der Waals surface area (Å²) in [5.41, 5.74) is 1.98. The second kappa shape index (κ2) is 9.41. The van der Waals surface area contributed by atoms with Crippen LogP contribution in [0.1, 0.15) is 45.0 Å². The summed E-state index contributed by atoms with van der Waals surface area (Å²) in [4.78, 5) is 28.5. The quantitative estimate of drug-likeness (QED) is 0.735. The van der Waals surface area contributed by atoms with E-state index in [-0.39, 0.29) is 18.3 Å². The van der Waals surface area contributed by atoms with Gasteiger partial charge in [0.25, 0.3) is 5.91 Å². The molecule has 0 atom stereocenters. The molecule has 0 unspecified atom stereocenters. The molecule has 0 saturated heterocycles. The predicted molar refractivity (Wildman–Crippen MR) is 113 cm³/mol. The minimum absolute atomic E-state index is 0. The second-order valence-corrected chi connectivity index (χ2v) is 7.80. The van der Waals surface area contributed by atoms with Crippen LogP contribution in [0.25, 0.3) is 0 Å². The molecule has 2 heterocycles. The van der Waals surface area contributed by atoms with Crippen molar-refractivity contribution in [3.8, 4) is 5.75 Å². The molecule has 0 bridgehead atoms. The number of thiophene rings is 1. The minimum atomic E-state index is -0.407. The summed E-state index contributed by atoms with van der Waals surface area (Å²) in [5.74, 6) is 0.0137. The Bertz CT molecular complexity index is 849. The van der Waals surface area contributed by atoms with Gasteiger partial charge in [-0.15, -0.1) is 23.7 Å². The average molecular weight is 425 g/mol. The van der Waals surface area contributed by atoms with E-state index in [2.05, 4.69) is 24.1 Å². The van der Waals surface area contributed by atoms with Crippen LogP contribution in [-0.4, -0.2) is 43.6 Å². The van der Waals surface area contributed by atoms with Crippen LogP contribution < -0.4 is 10.1 Å². The summed E-state index contributed by atoms with van der Waals surface area (Å²) in [6.07, 6.45) is 0.771. The zero-order valence-electron chi connectivity index (χ0n) is 16.4. The Morgan fingerprint density at radius 3 is 2.43 bits per heavy atom. The lowest BCUT2D eigenvalue weighted by atomic mass is 10.0. The average Bonchev–Trinajstić information content (AvgIpc) is 3.04. The van der Waals surface area contributed by atoms with Crippen LogP contribution >= 0.6 is 23.7 Å². The molecule has 1 aromatic carbocycles. The van der Waals surface area contributed by atoms with Gasteiger partial charge in [0.05, 0.1) is 19.8 Å². The number of esters is 1. The Labute approximate surface area is 175 Å². The van der Waals surface area contributed by atoms with E-state index in [1.54, 1.807) is 31.4 Å². The molecule has 0 fully saturated rings. The number of rotatable bonds is 5.